The zero-order chi connectivity index (χ0) is 9.53. The van der Waals surface area contributed by atoms with Gasteiger partial charge in [0.2, 0.25) is 0 Å². The Morgan fingerprint density at radius 1 is 0.917 bits per heavy atom. The van der Waals surface area contributed by atoms with Gasteiger partial charge in [0.1, 0.15) is 4.75 Å². The lowest BCUT2D eigenvalue weighted by atomic mass is 9.54. The van der Waals surface area contributed by atoms with E-state index in [1.165, 1.54) is 0 Å². The lowest BCUT2D eigenvalue weighted by Crippen LogP contribution is -2.73. The molecule has 0 unspecified atom stereocenters. The molecule has 0 aromatic carbocycles. The normalized spacial score (nSPS) is 51.5. The van der Waals surface area contributed by atoms with Crippen LogP contribution in [-0.4, -0.2) is 9.62 Å². The maximum atomic E-state index is 12.2. The van der Waals surface area contributed by atoms with Crippen LogP contribution < -0.4 is 0 Å². The third kappa shape index (κ3) is 0.801. The molecule has 0 aromatic heterocycles. The maximum Gasteiger partial charge on any atom is 0.290 e. The number of halogens is 6. The molecule has 2 bridgehead atoms. The zero-order valence-corrected chi connectivity index (χ0v) is 7.37. The van der Waals surface area contributed by atoms with Crippen LogP contribution in [0.4, 0.5) is 19.4 Å². The molecule has 0 saturated heterocycles. The van der Waals surface area contributed by atoms with Gasteiger partial charge in [-0.05, 0) is 19.3 Å². The number of hydrogen-bond acceptors (Lipinski definition) is 0. The first-order valence-electron chi connectivity index (χ1n) is 3.29. The number of rotatable bonds is 1. The van der Waals surface area contributed by atoms with Gasteiger partial charge in [-0.25, -0.2) is 0 Å². The van der Waals surface area contributed by atoms with Crippen molar-refractivity contribution in [1.82, 2.24) is 0 Å². The Morgan fingerprint density at radius 3 is 1.33 bits per heavy atom. The third-order valence-electron chi connectivity index (χ3n) is 2.74. The van der Waals surface area contributed by atoms with E-state index in [-0.39, 0.29) is 0 Å². The highest BCUT2D eigenvalue weighted by Gasteiger charge is 2.91. The second kappa shape index (κ2) is 1.30. The van der Waals surface area contributed by atoms with Crippen LogP contribution in [-0.2, 0) is 0 Å². The Kier molecular flexibility index (Phi) is 0.963. The molecule has 3 saturated carbocycles. The van der Waals surface area contributed by atoms with Gasteiger partial charge in [0.05, 0.1) is 0 Å². The quantitative estimate of drug-likeness (QED) is 0.466. The van der Waals surface area contributed by atoms with E-state index in [1.54, 1.807) is 0 Å². The van der Waals surface area contributed by atoms with E-state index in [0.29, 0.717) is 0 Å². The predicted molar refractivity (Wildman–Crippen MR) is 38.3 cm³/mol. The van der Waals surface area contributed by atoms with Crippen LogP contribution in [0.5, 0.6) is 0 Å². The average molecular weight is 229 g/mol. The molecule has 0 radical (unpaired) electrons. The van der Waals surface area contributed by atoms with Crippen molar-refractivity contribution in [3.8, 4) is 0 Å². The zero-order valence-electron chi connectivity index (χ0n) is 5.80. The highest BCUT2D eigenvalue weighted by molar-refractivity contribution is 8.46. The molecule has 0 heterocycles. The maximum absolute atomic E-state index is 12.2. The van der Waals surface area contributed by atoms with E-state index >= 15 is 0 Å². The van der Waals surface area contributed by atoms with Crippen molar-refractivity contribution in [3.63, 3.8) is 0 Å². The van der Waals surface area contributed by atoms with Crippen LogP contribution in [0.1, 0.15) is 19.3 Å². The standard InChI is InChI=1S/C5H6ClF5S/c6-4-1-5(2-4,3-4)12(7,8,9,10)11/h1-3H2. The lowest BCUT2D eigenvalue weighted by Gasteiger charge is -2.75. The summed E-state index contributed by atoms with van der Waals surface area (Å²) >= 11 is 5.48. The van der Waals surface area contributed by atoms with Gasteiger partial charge in [0.15, 0.2) is 0 Å². The highest BCUT2D eigenvalue weighted by Crippen LogP contribution is 3.10. The van der Waals surface area contributed by atoms with Gasteiger partial charge >= 0.3 is 0 Å². The Balaban J connectivity index is 2.36. The van der Waals surface area contributed by atoms with E-state index in [1.807, 2.05) is 0 Å². The highest BCUT2D eigenvalue weighted by atomic mass is 35.5. The summed E-state index contributed by atoms with van der Waals surface area (Å²) in [5.74, 6) is 0. The van der Waals surface area contributed by atoms with Crippen molar-refractivity contribution in [2.45, 2.75) is 28.9 Å². The molecule has 3 fully saturated rings. The molecule has 0 spiro atoms. The van der Waals surface area contributed by atoms with Gasteiger partial charge in [-0.1, -0.05) is 19.4 Å². The lowest BCUT2D eigenvalue weighted by molar-refractivity contribution is 0.0380. The minimum Gasteiger partial charge on any atom is -0.119 e. The van der Waals surface area contributed by atoms with E-state index in [2.05, 4.69) is 0 Å². The van der Waals surface area contributed by atoms with Gasteiger partial charge in [-0.15, -0.1) is 11.6 Å². The summed E-state index contributed by atoms with van der Waals surface area (Å²) in [6.45, 7) is 0. The van der Waals surface area contributed by atoms with E-state index in [0.717, 1.165) is 0 Å². The van der Waals surface area contributed by atoms with Crippen LogP contribution in [0.3, 0.4) is 0 Å². The van der Waals surface area contributed by atoms with Crippen molar-refractivity contribution in [3.05, 3.63) is 0 Å². The molecule has 0 amide bonds. The summed E-state index contributed by atoms with van der Waals surface area (Å²) in [5, 5.41) is 0. The van der Waals surface area contributed by atoms with Crippen LogP contribution in [0.25, 0.3) is 0 Å². The number of hydrogen-bond donors (Lipinski definition) is 0. The van der Waals surface area contributed by atoms with Gasteiger partial charge in [0.25, 0.3) is 10.2 Å². The van der Waals surface area contributed by atoms with Crippen molar-refractivity contribution in [2.75, 3.05) is 0 Å². The molecule has 0 atom stereocenters. The summed E-state index contributed by atoms with van der Waals surface area (Å²) in [6.07, 6.45) is -1.79. The Labute approximate surface area is 70.8 Å². The Morgan fingerprint density at radius 2 is 1.25 bits per heavy atom. The molecule has 0 N–H and O–H groups in total. The van der Waals surface area contributed by atoms with Gasteiger partial charge < -0.3 is 0 Å². The molecule has 0 aliphatic heterocycles. The molecule has 74 valence electrons. The second-order valence-corrected chi connectivity index (χ2v) is 7.44. The average Bonchev–Trinajstić information content (AvgIpc) is 1.46. The van der Waals surface area contributed by atoms with E-state index in [9.17, 15) is 19.4 Å². The Bertz CT molecular complexity index is 246. The van der Waals surface area contributed by atoms with Crippen LogP contribution in [0, 0.1) is 0 Å². The van der Waals surface area contributed by atoms with Crippen LogP contribution in [0.15, 0.2) is 0 Å². The largest absolute Gasteiger partial charge is 0.290 e. The summed E-state index contributed by atoms with van der Waals surface area (Å²) in [4.78, 5) is -0.963. The third-order valence-corrected chi connectivity index (χ3v) is 5.21. The molecular weight excluding hydrogens is 223 g/mol. The fourth-order valence-electron chi connectivity index (χ4n) is 1.99. The van der Waals surface area contributed by atoms with E-state index in [4.69, 9.17) is 11.6 Å². The summed E-state index contributed by atoms with van der Waals surface area (Å²) < 4.78 is 58.3. The fraction of sp³-hybridized carbons (Fsp3) is 1.00. The predicted octanol–water partition coefficient (Wildman–Crippen LogP) is 4.20. The molecule has 3 rings (SSSR count). The van der Waals surface area contributed by atoms with Gasteiger partial charge in [0, 0.05) is 4.87 Å². The SMILES string of the molecule is FS(F)(F)(F)(F)C12CC(Cl)(C1)C2. The topological polar surface area (TPSA) is 0 Å². The van der Waals surface area contributed by atoms with Gasteiger partial charge in [-0.2, -0.15) is 0 Å². The van der Waals surface area contributed by atoms with E-state index < -0.39 is 39.1 Å². The van der Waals surface area contributed by atoms with Crippen molar-refractivity contribution >= 4 is 21.8 Å². The van der Waals surface area contributed by atoms with Crippen molar-refractivity contribution in [1.29, 1.82) is 0 Å². The summed E-state index contributed by atoms with van der Waals surface area (Å²) in [7, 11) is -9.26. The smallest absolute Gasteiger partial charge is 0.119 e. The number of alkyl halides is 1. The molecule has 7 heteroatoms. The first kappa shape index (κ1) is 8.87. The molecule has 3 aliphatic carbocycles. The molecule has 3 aliphatic rings. The van der Waals surface area contributed by atoms with Crippen LogP contribution >= 0.6 is 21.8 Å². The first-order chi connectivity index (χ1) is 4.87. The molecule has 12 heavy (non-hydrogen) atoms. The first-order valence-corrected chi connectivity index (χ1v) is 5.62. The van der Waals surface area contributed by atoms with Gasteiger partial charge in [-0.3, -0.25) is 0 Å². The Hall–Kier alpha value is 0.290. The minimum atomic E-state index is -9.26. The molecule has 0 aromatic rings. The second-order valence-electron chi connectivity index (χ2n) is 3.83. The molecular formula is C5H6ClF5S. The van der Waals surface area contributed by atoms with Crippen LogP contribution in [0.2, 0.25) is 0 Å². The van der Waals surface area contributed by atoms with Crippen molar-refractivity contribution in [2.24, 2.45) is 0 Å². The summed E-state index contributed by atoms with van der Waals surface area (Å²) in [6, 6.07) is 0. The van der Waals surface area contributed by atoms with Crippen molar-refractivity contribution < 1.29 is 19.4 Å². The monoisotopic (exact) mass is 228 g/mol. The minimum absolute atomic E-state index is 0.598. The summed E-state index contributed by atoms with van der Waals surface area (Å²) in [5.41, 5.74) is 0. The fourth-order valence-corrected chi connectivity index (χ4v) is 4.64. The molecule has 0 nitrogen and oxygen atoms in total.